The van der Waals surface area contributed by atoms with Crippen LogP contribution in [0.15, 0.2) is 48.8 Å². The first kappa shape index (κ1) is 22.9. The van der Waals surface area contributed by atoms with Crippen molar-refractivity contribution in [1.29, 1.82) is 0 Å². The van der Waals surface area contributed by atoms with Gasteiger partial charge in [0, 0.05) is 44.5 Å². The van der Waals surface area contributed by atoms with Crippen LogP contribution in [0.25, 0.3) is 11.3 Å². The summed E-state index contributed by atoms with van der Waals surface area (Å²) >= 11 is 0. The van der Waals surface area contributed by atoms with Gasteiger partial charge in [-0.05, 0) is 50.2 Å². The Kier molecular flexibility index (Phi) is 6.37. The van der Waals surface area contributed by atoms with Crippen molar-refractivity contribution in [3.63, 3.8) is 0 Å². The van der Waals surface area contributed by atoms with Crippen molar-refractivity contribution in [2.45, 2.75) is 18.9 Å². The number of aromatic nitrogens is 3. The van der Waals surface area contributed by atoms with Crippen LogP contribution in [0.4, 0.5) is 28.8 Å². The minimum absolute atomic E-state index is 0.311. The lowest BCUT2D eigenvalue weighted by molar-refractivity contribution is -0.119. The number of likely N-dealkylation sites (N-methyl/N-ethyl adjacent to an activating group) is 1. The molecule has 5 N–H and O–H groups in total. The van der Waals surface area contributed by atoms with Crippen LogP contribution in [0, 0.1) is 0 Å². The summed E-state index contributed by atoms with van der Waals surface area (Å²) in [4.78, 5) is 32.0. The van der Waals surface area contributed by atoms with Crippen LogP contribution < -0.4 is 26.6 Å². The van der Waals surface area contributed by atoms with E-state index in [1.807, 2.05) is 47.5 Å². The maximum atomic E-state index is 11.8. The average Bonchev–Trinajstić information content (AvgIpc) is 3.35. The number of rotatable bonds is 6. The first-order valence-electron chi connectivity index (χ1n) is 11.9. The van der Waals surface area contributed by atoms with E-state index in [1.165, 1.54) is 0 Å². The summed E-state index contributed by atoms with van der Waals surface area (Å²) in [6, 6.07) is 11.3. The van der Waals surface area contributed by atoms with E-state index in [4.69, 9.17) is 11.5 Å². The molecular formula is C25H31N9O. The van der Waals surface area contributed by atoms with Gasteiger partial charge in [-0.15, -0.1) is 0 Å². The molecule has 3 aromatic rings. The summed E-state index contributed by atoms with van der Waals surface area (Å²) in [6.07, 6.45) is 5.19. The Bertz CT molecular complexity index is 1190. The Labute approximate surface area is 205 Å². The lowest BCUT2D eigenvalue weighted by Gasteiger charge is -2.33. The van der Waals surface area contributed by atoms with Crippen LogP contribution in [-0.4, -0.2) is 71.6 Å². The molecule has 10 heteroatoms. The van der Waals surface area contributed by atoms with E-state index in [2.05, 4.69) is 37.1 Å². The summed E-state index contributed by atoms with van der Waals surface area (Å²) < 4.78 is 0. The Balaban J connectivity index is 1.29. The van der Waals surface area contributed by atoms with E-state index in [1.54, 1.807) is 6.20 Å². The Morgan fingerprint density at radius 1 is 1.06 bits per heavy atom. The first-order chi connectivity index (χ1) is 17.0. The fourth-order valence-corrected chi connectivity index (χ4v) is 4.72. The van der Waals surface area contributed by atoms with Gasteiger partial charge in [-0.2, -0.15) is 0 Å². The molecular weight excluding hydrogens is 442 g/mol. The molecule has 2 aliphatic heterocycles. The highest BCUT2D eigenvalue weighted by Crippen LogP contribution is 2.33. The van der Waals surface area contributed by atoms with Crippen molar-refractivity contribution in [2.24, 2.45) is 5.73 Å². The molecule has 2 aliphatic rings. The molecule has 0 saturated carbocycles. The summed E-state index contributed by atoms with van der Waals surface area (Å²) in [6.45, 7) is 4.80. The van der Waals surface area contributed by atoms with Crippen LogP contribution in [0.5, 0.6) is 0 Å². The van der Waals surface area contributed by atoms with Gasteiger partial charge >= 0.3 is 0 Å². The number of carbonyl (C=O) groups excluding carboxylic acids is 1. The Morgan fingerprint density at radius 2 is 1.89 bits per heavy atom. The first-order valence-corrected chi connectivity index (χ1v) is 11.9. The summed E-state index contributed by atoms with van der Waals surface area (Å²) in [5.74, 6) is 1.14. The second-order valence-corrected chi connectivity index (χ2v) is 9.11. The average molecular weight is 474 g/mol. The van der Waals surface area contributed by atoms with Crippen LogP contribution in [-0.2, 0) is 4.79 Å². The molecule has 35 heavy (non-hydrogen) atoms. The van der Waals surface area contributed by atoms with Crippen molar-refractivity contribution in [1.82, 2.24) is 19.9 Å². The number of amides is 1. The van der Waals surface area contributed by atoms with Crippen LogP contribution in [0.3, 0.4) is 0 Å². The number of benzene rings is 1. The smallest absolute Gasteiger partial charge is 0.240 e. The van der Waals surface area contributed by atoms with E-state index in [9.17, 15) is 4.79 Å². The second-order valence-electron chi connectivity index (χ2n) is 9.11. The Hall–Kier alpha value is -3.92. The second kappa shape index (κ2) is 9.75. The van der Waals surface area contributed by atoms with Gasteiger partial charge in [0.2, 0.25) is 11.9 Å². The zero-order chi connectivity index (χ0) is 24.4. The number of pyridine rings is 1. The molecule has 182 valence electrons. The van der Waals surface area contributed by atoms with Crippen LogP contribution >= 0.6 is 0 Å². The Morgan fingerprint density at radius 3 is 2.60 bits per heavy atom. The van der Waals surface area contributed by atoms with Crippen molar-refractivity contribution in [2.75, 3.05) is 60.6 Å². The molecule has 2 saturated heterocycles. The molecule has 1 atom stereocenters. The highest BCUT2D eigenvalue weighted by atomic mass is 16.1. The SMILES string of the molecule is CN1CCN(c2ccc(Nc3nccc(-c4ccc(N5CCC[C@@H]5C(N)=O)c(N)c4)n3)cn2)CC1. The fourth-order valence-electron chi connectivity index (χ4n) is 4.72. The highest BCUT2D eigenvalue weighted by Gasteiger charge is 2.30. The quantitative estimate of drug-likeness (QED) is 0.461. The summed E-state index contributed by atoms with van der Waals surface area (Å²) in [5, 5.41) is 3.24. The predicted molar refractivity (Wildman–Crippen MR) is 139 cm³/mol. The van der Waals surface area contributed by atoms with E-state index in [0.29, 0.717) is 11.6 Å². The number of nitrogens with two attached hydrogens (primary N) is 2. The molecule has 4 heterocycles. The number of nitrogens with one attached hydrogen (secondary N) is 1. The van der Waals surface area contributed by atoms with E-state index < -0.39 is 0 Å². The number of piperazine rings is 1. The molecule has 1 amide bonds. The number of primary amides is 1. The zero-order valence-corrected chi connectivity index (χ0v) is 19.9. The molecule has 0 bridgehead atoms. The number of hydrogen-bond donors (Lipinski definition) is 3. The fraction of sp³-hybridized carbons (Fsp3) is 0.360. The van der Waals surface area contributed by atoms with Crippen LogP contribution in [0.1, 0.15) is 12.8 Å². The summed E-state index contributed by atoms with van der Waals surface area (Å²) in [7, 11) is 2.14. The lowest BCUT2D eigenvalue weighted by Crippen LogP contribution is -2.44. The third kappa shape index (κ3) is 4.97. The normalized spacial score (nSPS) is 18.6. The number of nitrogen functional groups attached to an aromatic ring is 1. The van der Waals surface area contributed by atoms with Gasteiger partial charge in [0.15, 0.2) is 0 Å². The number of nitrogens with zero attached hydrogens (tertiary/aromatic N) is 6. The highest BCUT2D eigenvalue weighted by molar-refractivity contribution is 5.87. The molecule has 10 nitrogen and oxygen atoms in total. The summed E-state index contributed by atoms with van der Waals surface area (Å²) in [5.41, 5.74) is 15.8. The molecule has 0 radical (unpaired) electrons. The zero-order valence-electron chi connectivity index (χ0n) is 19.9. The molecule has 5 rings (SSSR count). The molecule has 2 fully saturated rings. The van der Waals surface area contributed by atoms with Crippen molar-refractivity contribution >= 4 is 34.7 Å². The van der Waals surface area contributed by atoms with E-state index in [-0.39, 0.29) is 11.9 Å². The third-order valence-corrected chi connectivity index (χ3v) is 6.70. The number of anilines is 5. The molecule has 0 spiro atoms. The maximum absolute atomic E-state index is 11.8. The van der Waals surface area contributed by atoms with Crippen LogP contribution in [0.2, 0.25) is 0 Å². The topological polar surface area (TPSA) is 130 Å². The van der Waals surface area contributed by atoms with Crippen molar-refractivity contribution in [3.8, 4) is 11.3 Å². The van der Waals surface area contributed by atoms with Gasteiger partial charge in [-0.3, -0.25) is 4.79 Å². The van der Waals surface area contributed by atoms with Gasteiger partial charge in [0.1, 0.15) is 11.9 Å². The molecule has 1 aromatic carbocycles. The van der Waals surface area contributed by atoms with Gasteiger partial charge in [-0.1, -0.05) is 6.07 Å². The van der Waals surface area contributed by atoms with Gasteiger partial charge in [-0.25, -0.2) is 15.0 Å². The van der Waals surface area contributed by atoms with E-state index in [0.717, 1.165) is 74.0 Å². The van der Waals surface area contributed by atoms with Gasteiger partial charge in [0.05, 0.1) is 29.0 Å². The number of carbonyl (C=O) groups is 1. The lowest BCUT2D eigenvalue weighted by atomic mass is 10.1. The largest absolute Gasteiger partial charge is 0.397 e. The maximum Gasteiger partial charge on any atom is 0.240 e. The minimum atomic E-state index is -0.316. The third-order valence-electron chi connectivity index (χ3n) is 6.70. The monoisotopic (exact) mass is 473 g/mol. The predicted octanol–water partition coefficient (Wildman–Crippen LogP) is 2.07. The molecule has 2 aromatic heterocycles. The van der Waals surface area contributed by atoms with E-state index >= 15 is 0 Å². The van der Waals surface area contributed by atoms with Crippen molar-refractivity contribution < 1.29 is 4.79 Å². The minimum Gasteiger partial charge on any atom is -0.397 e. The standard InChI is InChI=1S/C25H31N9O/c1-32-11-13-33(14-12-32)23-7-5-18(16-29-23)30-25-28-9-8-20(31-25)17-4-6-21(19(26)15-17)34-10-2-3-22(34)24(27)35/h4-9,15-16,22H,2-3,10-14,26H2,1H3,(H2,27,35)(H,28,30,31)/t22-/m1/s1. The van der Waals surface area contributed by atoms with Gasteiger partial charge in [0.25, 0.3) is 0 Å². The molecule has 0 unspecified atom stereocenters. The van der Waals surface area contributed by atoms with Crippen molar-refractivity contribution in [3.05, 3.63) is 48.8 Å². The molecule has 0 aliphatic carbocycles. The van der Waals surface area contributed by atoms with Gasteiger partial charge < -0.3 is 31.5 Å². The number of hydrogen-bond acceptors (Lipinski definition) is 9.